The van der Waals surface area contributed by atoms with Gasteiger partial charge in [0.25, 0.3) is 5.91 Å². The number of carbonyl (C=O) groups is 1. The van der Waals surface area contributed by atoms with Crippen molar-refractivity contribution in [2.45, 2.75) is 38.5 Å². The number of piperidine rings is 1. The maximum absolute atomic E-state index is 13.6. The van der Waals surface area contributed by atoms with Crippen molar-refractivity contribution < 1.29 is 9.18 Å². The van der Waals surface area contributed by atoms with Crippen LogP contribution in [0.2, 0.25) is 0 Å². The molecule has 1 aliphatic heterocycles. The number of halogens is 1. The number of nitriles is 1. The summed E-state index contributed by atoms with van der Waals surface area (Å²) in [5.41, 5.74) is 2.74. The third kappa shape index (κ3) is 4.49. The molecule has 33 heavy (non-hydrogen) atoms. The lowest BCUT2D eigenvalue weighted by Gasteiger charge is -2.42. The van der Waals surface area contributed by atoms with Gasteiger partial charge in [0.2, 0.25) is 0 Å². The summed E-state index contributed by atoms with van der Waals surface area (Å²) in [6, 6.07) is 18.6. The van der Waals surface area contributed by atoms with Gasteiger partial charge in [-0.05, 0) is 79.0 Å². The minimum absolute atomic E-state index is 0.153. The van der Waals surface area contributed by atoms with Crippen LogP contribution in [0.15, 0.2) is 54.6 Å². The van der Waals surface area contributed by atoms with Crippen molar-refractivity contribution in [3.8, 4) is 6.07 Å². The number of benzene rings is 3. The molecular weight excluding hydrogens is 413 g/mol. The predicted octanol–water partition coefficient (Wildman–Crippen LogP) is 5.20. The van der Waals surface area contributed by atoms with Gasteiger partial charge in [0, 0.05) is 12.0 Å². The maximum Gasteiger partial charge on any atom is 0.252 e. The molecule has 1 N–H and O–H groups in total. The van der Waals surface area contributed by atoms with Crippen LogP contribution in [0.25, 0.3) is 10.8 Å². The first-order valence-electron chi connectivity index (χ1n) is 11.7. The number of nitrogens with one attached hydrogen (secondary N) is 1. The molecule has 0 aromatic heterocycles. The lowest BCUT2D eigenvalue weighted by molar-refractivity contribution is 0.0924. The van der Waals surface area contributed by atoms with E-state index in [2.05, 4.69) is 23.2 Å². The van der Waals surface area contributed by atoms with Crippen molar-refractivity contribution in [2.75, 3.05) is 26.2 Å². The fourth-order valence-electron chi connectivity index (χ4n) is 5.12. The van der Waals surface area contributed by atoms with Crippen LogP contribution in [-0.4, -0.2) is 37.0 Å². The van der Waals surface area contributed by atoms with E-state index in [-0.39, 0.29) is 17.1 Å². The monoisotopic (exact) mass is 443 g/mol. The average Bonchev–Trinajstić information content (AvgIpc) is 2.86. The number of fused-ring (bicyclic) bond motifs is 1. The number of nitrogens with zero attached hydrogens (tertiary/aromatic N) is 2. The minimum atomic E-state index is -0.253. The van der Waals surface area contributed by atoms with E-state index in [1.165, 1.54) is 12.1 Å². The van der Waals surface area contributed by atoms with Crippen molar-refractivity contribution >= 4 is 16.7 Å². The third-order valence-corrected chi connectivity index (χ3v) is 7.16. The Morgan fingerprint density at radius 1 is 1.12 bits per heavy atom. The van der Waals surface area contributed by atoms with E-state index in [0.717, 1.165) is 54.4 Å². The van der Waals surface area contributed by atoms with Crippen molar-refractivity contribution in [3.05, 3.63) is 82.7 Å². The van der Waals surface area contributed by atoms with Crippen molar-refractivity contribution in [1.82, 2.24) is 10.2 Å². The zero-order valence-electron chi connectivity index (χ0n) is 19.3. The van der Waals surface area contributed by atoms with Crippen LogP contribution < -0.4 is 5.32 Å². The molecule has 5 heteroatoms. The van der Waals surface area contributed by atoms with E-state index in [4.69, 9.17) is 0 Å². The normalized spacial score (nSPS) is 15.8. The molecule has 0 aliphatic carbocycles. The van der Waals surface area contributed by atoms with Gasteiger partial charge in [0.15, 0.2) is 0 Å². The number of amides is 1. The molecule has 3 aromatic carbocycles. The second-order valence-electron chi connectivity index (χ2n) is 8.87. The molecule has 0 saturated carbocycles. The smallest absolute Gasteiger partial charge is 0.252 e. The van der Waals surface area contributed by atoms with Gasteiger partial charge in [-0.3, -0.25) is 4.79 Å². The van der Waals surface area contributed by atoms with Gasteiger partial charge in [-0.2, -0.15) is 5.26 Å². The molecule has 170 valence electrons. The molecule has 4 nitrogen and oxygen atoms in total. The summed E-state index contributed by atoms with van der Waals surface area (Å²) in [5, 5.41) is 14.7. The first-order chi connectivity index (χ1) is 16.0. The molecule has 0 spiro atoms. The summed E-state index contributed by atoms with van der Waals surface area (Å²) >= 11 is 0. The zero-order chi connectivity index (χ0) is 23.4. The average molecular weight is 444 g/mol. The van der Waals surface area contributed by atoms with Gasteiger partial charge < -0.3 is 10.2 Å². The van der Waals surface area contributed by atoms with Crippen LogP contribution in [0.4, 0.5) is 4.39 Å². The molecule has 1 fully saturated rings. The Bertz CT molecular complexity index is 1190. The first kappa shape index (κ1) is 22.9. The fourth-order valence-corrected chi connectivity index (χ4v) is 5.12. The van der Waals surface area contributed by atoms with E-state index in [9.17, 15) is 14.4 Å². The van der Waals surface area contributed by atoms with E-state index in [1.807, 2.05) is 49.4 Å². The van der Waals surface area contributed by atoms with Gasteiger partial charge in [-0.25, -0.2) is 4.39 Å². The Morgan fingerprint density at radius 3 is 2.45 bits per heavy atom. The van der Waals surface area contributed by atoms with Crippen LogP contribution in [0.5, 0.6) is 0 Å². The molecule has 1 aliphatic rings. The Labute approximate surface area is 195 Å². The standard InChI is InChI=1S/C28H30FN3O/c1-3-24-21(18-30)17-20-7-5-6-8-25(20)26(24)27(33)31-19-28(13-15-32(4-2)16-14-28)22-9-11-23(29)12-10-22/h5-12,17H,3-4,13-16,19H2,1-2H3,(H,31,33). The Hall–Kier alpha value is -3.23. The van der Waals surface area contributed by atoms with Crippen LogP contribution in [0.3, 0.4) is 0 Å². The molecule has 4 rings (SSSR count). The third-order valence-electron chi connectivity index (χ3n) is 7.16. The van der Waals surface area contributed by atoms with Crippen LogP contribution in [0.1, 0.15) is 53.7 Å². The molecule has 0 unspecified atom stereocenters. The second kappa shape index (κ2) is 9.72. The van der Waals surface area contributed by atoms with E-state index in [1.54, 1.807) is 0 Å². The van der Waals surface area contributed by atoms with Crippen LogP contribution in [0, 0.1) is 17.1 Å². The predicted molar refractivity (Wildman–Crippen MR) is 130 cm³/mol. The van der Waals surface area contributed by atoms with Gasteiger partial charge in [0.05, 0.1) is 17.2 Å². The van der Waals surface area contributed by atoms with Gasteiger partial charge in [0.1, 0.15) is 5.82 Å². The second-order valence-corrected chi connectivity index (χ2v) is 8.87. The number of hydrogen-bond donors (Lipinski definition) is 1. The quantitative estimate of drug-likeness (QED) is 0.570. The summed E-state index contributed by atoms with van der Waals surface area (Å²) in [7, 11) is 0. The van der Waals surface area contributed by atoms with E-state index < -0.39 is 0 Å². The Morgan fingerprint density at radius 2 is 1.82 bits per heavy atom. The molecule has 1 saturated heterocycles. The molecule has 0 radical (unpaired) electrons. The highest BCUT2D eigenvalue weighted by Crippen LogP contribution is 2.35. The number of likely N-dealkylation sites (tertiary alicyclic amines) is 1. The first-order valence-corrected chi connectivity index (χ1v) is 11.7. The maximum atomic E-state index is 13.6. The Kier molecular flexibility index (Phi) is 6.76. The van der Waals surface area contributed by atoms with Crippen molar-refractivity contribution in [2.24, 2.45) is 0 Å². The van der Waals surface area contributed by atoms with Gasteiger partial charge in [-0.1, -0.05) is 50.2 Å². The molecule has 1 amide bonds. The number of carbonyl (C=O) groups excluding carboxylic acids is 1. The van der Waals surface area contributed by atoms with E-state index >= 15 is 0 Å². The number of rotatable bonds is 6. The highest BCUT2D eigenvalue weighted by Gasteiger charge is 2.36. The van der Waals surface area contributed by atoms with Gasteiger partial charge in [-0.15, -0.1) is 0 Å². The molecule has 3 aromatic rings. The topological polar surface area (TPSA) is 56.1 Å². The minimum Gasteiger partial charge on any atom is -0.351 e. The zero-order valence-corrected chi connectivity index (χ0v) is 19.3. The molecule has 0 atom stereocenters. The van der Waals surface area contributed by atoms with Crippen LogP contribution >= 0.6 is 0 Å². The van der Waals surface area contributed by atoms with Crippen LogP contribution in [-0.2, 0) is 11.8 Å². The lowest BCUT2D eigenvalue weighted by Crippen LogP contribution is -2.49. The van der Waals surface area contributed by atoms with Gasteiger partial charge >= 0.3 is 0 Å². The fraction of sp³-hybridized carbons (Fsp3) is 0.357. The highest BCUT2D eigenvalue weighted by molar-refractivity contribution is 6.09. The van der Waals surface area contributed by atoms with Crippen molar-refractivity contribution in [1.29, 1.82) is 5.26 Å². The summed E-state index contributed by atoms with van der Waals surface area (Å²) in [6.07, 6.45) is 2.39. The summed E-state index contributed by atoms with van der Waals surface area (Å²) in [6.45, 7) is 7.49. The van der Waals surface area contributed by atoms with E-state index in [0.29, 0.717) is 24.1 Å². The Balaban J connectivity index is 1.68. The van der Waals surface area contributed by atoms with Crippen molar-refractivity contribution in [3.63, 3.8) is 0 Å². The SMILES string of the molecule is CCc1c(C#N)cc2ccccc2c1C(=O)NCC1(c2ccc(F)cc2)CCN(CC)CC1. The summed E-state index contributed by atoms with van der Waals surface area (Å²) in [5.74, 6) is -0.407. The lowest BCUT2D eigenvalue weighted by atomic mass is 9.72. The summed E-state index contributed by atoms with van der Waals surface area (Å²) in [4.78, 5) is 16.0. The largest absolute Gasteiger partial charge is 0.351 e. The molecular formula is C28H30FN3O. The molecule has 1 heterocycles. The highest BCUT2D eigenvalue weighted by atomic mass is 19.1. The number of hydrogen-bond acceptors (Lipinski definition) is 3. The molecule has 0 bridgehead atoms. The summed E-state index contributed by atoms with van der Waals surface area (Å²) < 4.78 is 13.6.